The summed E-state index contributed by atoms with van der Waals surface area (Å²) >= 11 is 0. The minimum absolute atomic E-state index is 0.104. The van der Waals surface area contributed by atoms with E-state index < -0.39 is 0 Å². The molecule has 98 valence electrons. The maximum Gasteiger partial charge on any atom is 0.319 e. The van der Waals surface area contributed by atoms with Crippen LogP contribution in [0, 0.1) is 0 Å². The highest BCUT2D eigenvalue weighted by atomic mass is 16.5. The van der Waals surface area contributed by atoms with E-state index in [1.54, 1.807) is 6.07 Å². The lowest BCUT2D eigenvalue weighted by molar-refractivity contribution is 0.250. The Morgan fingerprint density at radius 3 is 2.78 bits per heavy atom. The number of benzene rings is 1. The van der Waals surface area contributed by atoms with Crippen LogP contribution in [0.25, 0.3) is 0 Å². The third-order valence-corrected chi connectivity index (χ3v) is 2.00. The fourth-order valence-corrected chi connectivity index (χ4v) is 1.30. The predicted molar refractivity (Wildman–Crippen MR) is 74.0 cm³/mol. The van der Waals surface area contributed by atoms with E-state index in [4.69, 9.17) is 4.74 Å². The van der Waals surface area contributed by atoms with Crippen molar-refractivity contribution in [2.45, 2.75) is 26.8 Å². The zero-order chi connectivity index (χ0) is 13.5. The Kier molecular flexibility index (Phi) is 5.24. The molecule has 1 rings (SSSR count). The summed E-state index contributed by atoms with van der Waals surface area (Å²) < 4.78 is 5.50. The molecule has 0 atom stereocenters. The highest BCUT2D eigenvalue weighted by Crippen LogP contribution is 2.17. The van der Waals surface area contributed by atoms with Crippen LogP contribution in [0.1, 0.15) is 20.8 Å². The lowest BCUT2D eigenvalue weighted by Gasteiger charge is -2.11. The van der Waals surface area contributed by atoms with Crippen LogP contribution in [0.4, 0.5) is 10.5 Å². The zero-order valence-electron chi connectivity index (χ0n) is 11.1. The minimum Gasteiger partial charge on any atom is -0.489 e. The second-order valence-corrected chi connectivity index (χ2v) is 4.53. The van der Waals surface area contributed by atoms with Gasteiger partial charge in [0.1, 0.15) is 12.4 Å². The van der Waals surface area contributed by atoms with Crippen LogP contribution in [0.3, 0.4) is 0 Å². The number of ether oxygens (including phenoxy) is 1. The molecule has 0 aliphatic heterocycles. The highest BCUT2D eigenvalue weighted by molar-refractivity contribution is 5.89. The number of carbonyl (C=O) groups excluding carboxylic acids is 1. The van der Waals surface area contributed by atoms with E-state index in [1.165, 1.54) is 0 Å². The molecule has 0 aromatic heterocycles. The quantitative estimate of drug-likeness (QED) is 0.786. The van der Waals surface area contributed by atoms with Crippen molar-refractivity contribution < 1.29 is 9.53 Å². The molecule has 0 saturated heterocycles. The van der Waals surface area contributed by atoms with Crippen molar-refractivity contribution in [2.24, 2.45) is 0 Å². The number of hydrogen-bond donors (Lipinski definition) is 2. The average Bonchev–Trinajstić information content (AvgIpc) is 2.25. The molecular formula is C14H20N2O2. The Labute approximate surface area is 108 Å². The van der Waals surface area contributed by atoms with Gasteiger partial charge in [-0.2, -0.15) is 0 Å². The van der Waals surface area contributed by atoms with E-state index in [0.29, 0.717) is 18.0 Å². The summed E-state index contributed by atoms with van der Waals surface area (Å²) in [5, 5.41) is 5.50. The van der Waals surface area contributed by atoms with Crippen molar-refractivity contribution in [2.75, 3.05) is 11.9 Å². The number of urea groups is 1. The maximum absolute atomic E-state index is 11.5. The van der Waals surface area contributed by atoms with Crippen molar-refractivity contribution in [3.05, 3.63) is 36.4 Å². The molecule has 1 aromatic rings. The van der Waals surface area contributed by atoms with Gasteiger partial charge in [0.15, 0.2) is 0 Å². The maximum atomic E-state index is 11.5. The van der Waals surface area contributed by atoms with Crippen molar-refractivity contribution in [1.82, 2.24) is 5.32 Å². The van der Waals surface area contributed by atoms with Crippen LogP contribution in [0.15, 0.2) is 36.4 Å². The van der Waals surface area contributed by atoms with Gasteiger partial charge >= 0.3 is 6.03 Å². The van der Waals surface area contributed by atoms with Crippen LogP contribution in [0.5, 0.6) is 5.75 Å². The van der Waals surface area contributed by atoms with Gasteiger partial charge in [-0.05, 0) is 38.5 Å². The largest absolute Gasteiger partial charge is 0.489 e. The van der Waals surface area contributed by atoms with E-state index in [-0.39, 0.29) is 12.1 Å². The Balaban J connectivity index is 2.59. The Hall–Kier alpha value is -1.97. The number of amides is 2. The summed E-state index contributed by atoms with van der Waals surface area (Å²) in [6.45, 7) is 9.96. The van der Waals surface area contributed by atoms with Gasteiger partial charge in [-0.25, -0.2) is 4.79 Å². The topological polar surface area (TPSA) is 50.4 Å². The number of rotatable bonds is 5. The number of nitrogens with one attached hydrogen (secondary N) is 2. The van der Waals surface area contributed by atoms with Crippen molar-refractivity contribution >= 4 is 11.7 Å². The molecule has 0 saturated carbocycles. The molecule has 2 N–H and O–H groups in total. The zero-order valence-corrected chi connectivity index (χ0v) is 11.1. The van der Waals surface area contributed by atoms with Gasteiger partial charge in [0, 0.05) is 17.8 Å². The molecule has 0 aliphatic rings. The first-order valence-corrected chi connectivity index (χ1v) is 5.92. The molecule has 4 nitrogen and oxygen atoms in total. The van der Waals surface area contributed by atoms with Crippen LogP contribution in [0.2, 0.25) is 0 Å². The van der Waals surface area contributed by atoms with Crippen molar-refractivity contribution in [3.8, 4) is 5.75 Å². The van der Waals surface area contributed by atoms with E-state index in [0.717, 1.165) is 5.57 Å². The molecule has 1 aromatic carbocycles. The average molecular weight is 248 g/mol. The van der Waals surface area contributed by atoms with Gasteiger partial charge < -0.3 is 15.4 Å². The Bertz CT molecular complexity index is 428. The van der Waals surface area contributed by atoms with E-state index >= 15 is 0 Å². The molecule has 2 amide bonds. The van der Waals surface area contributed by atoms with Gasteiger partial charge in [0.05, 0.1) is 0 Å². The van der Waals surface area contributed by atoms with E-state index in [9.17, 15) is 4.79 Å². The second kappa shape index (κ2) is 6.69. The Morgan fingerprint density at radius 2 is 2.17 bits per heavy atom. The summed E-state index contributed by atoms with van der Waals surface area (Å²) in [5.41, 5.74) is 1.65. The normalized spacial score (nSPS) is 10.0. The van der Waals surface area contributed by atoms with Gasteiger partial charge in [-0.1, -0.05) is 12.6 Å². The van der Waals surface area contributed by atoms with Gasteiger partial charge in [0.25, 0.3) is 0 Å². The first-order valence-electron chi connectivity index (χ1n) is 5.92. The molecule has 0 fully saturated rings. The minimum atomic E-state index is -0.220. The summed E-state index contributed by atoms with van der Waals surface area (Å²) in [6.07, 6.45) is 0. The summed E-state index contributed by atoms with van der Waals surface area (Å²) in [4.78, 5) is 11.5. The van der Waals surface area contributed by atoms with Crippen LogP contribution in [-0.4, -0.2) is 18.7 Å². The number of anilines is 1. The summed E-state index contributed by atoms with van der Waals surface area (Å²) in [5.74, 6) is 0.709. The van der Waals surface area contributed by atoms with Crippen molar-refractivity contribution in [3.63, 3.8) is 0 Å². The smallest absolute Gasteiger partial charge is 0.319 e. The predicted octanol–water partition coefficient (Wildman–Crippen LogP) is 3.17. The number of hydrogen-bond acceptors (Lipinski definition) is 2. The lowest BCUT2D eigenvalue weighted by Crippen LogP contribution is -2.34. The molecule has 0 bridgehead atoms. The van der Waals surface area contributed by atoms with Crippen molar-refractivity contribution in [1.29, 1.82) is 0 Å². The molecule has 0 radical (unpaired) electrons. The molecular weight excluding hydrogens is 228 g/mol. The first-order chi connectivity index (χ1) is 8.47. The summed E-state index contributed by atoms with van der Waals surface area (Å²) in [6, 6.07) is 7.15. The molecule has 0 heterocycles. The molecule has 0 spiro atoms. The summed E-state index contributed by atoms with van der Waals surface area (Å²) in [7, 11) is 0. The van der Waals surface area contributed by atoms with Crippen LogP contribution in [-0.2, 0) is 0 Å². The number of carbonyl (C=O) groups is 1. The SMILES string of the molecule is C=C(C)COc1cccc(NC(=O)NC(C)C)c1. The molecule has 4 heteroatoms. The highest BCUT2D eigenvalue weighted by Gasteiger charge is 2.04. The fourth-order valence-electron chi connectivity index (χ4n) is 1.30. The van der Waals surface area contributed by atoms with Crippen LogP contribution < -0.4 is 15.4 Å². The van der Waals surface area contributed by atoms with Gasteiger partial charge in [-0.15, -0.1) is 0 Å². The third-order valence-electron chi connectivity index (χ3n) is 2.00. The van der Waals surface area contributed by atoms with Gasteiger partial charge in [-0.3, -0.25) is 0 Å². The third kappa shape index (κ3) is 5.39. The van der Waals surface area contributed by atoms with Gasteiger partial charge in [0.2, 0.25) is 0 Å². The standard InChI is InChI=1S/C14H20N2O2/c1-10(2)9-18-13-7-5-6-12(8-13)16-14(17)15-11(3)4/h5-8,11H,1,9H2,2-4H3,(H2,15,16,17). The fraction of sp³-hybridized carbons (Fsp3) is 0.357. The van der Waals surface area contributed by atoms with Crippen LogP contribution >= 0.6 is 0 Å². The monoisotopic (exact) mass is 248 g/mol. The molecule has 0 unspecified atom stereocenters. The van der Waals surface area contributed by atoms with E-state index in [1.807, 2.05) is 39.0 Å². The molecule has 0 aliphatic carbocycles. The second-order valence-electron chi connectivity index (χ2n) is 4.53. The Morgan fingerprint density at radius 1 is 1.44 bits per heavy atom. The molecule has 18 heavy (non-hydrogen) atoms. The lowest BCUT2D eigenvalue weighted by atomic mass is 10.3. The first kappa shape index (κ1) is 14.1. The van der Waals surface area contributed by atoms with E-state index in [2.05, 4.69) is 17.2 Å².